The number of fused-ring (bicyclic) bond motifs is 2. The molecule has 268 valence electrons. The number of unbranched alkanes of at least 4 members (excludes halogenated alkanes) is 2. The van der Waals surface area contributed by atoms with Crippen LogP contribution in [0.1, 0.15) is 54.6 Å². The lowest BCUT2D eigenvalue weighted by molar-refractivity contribution is -0.193. The molecule has 5 aromatic rings. The smallest absolute Gasteiger partial charge is 0.334 e. The number of hydrogen-bond donors (Lipinski definition) is 3. The van der Waals surface area contributed by atoms with E-state index in [2.05, 4.69) is 22.4 Å². The monoisotopic (exact) mass is 699 g/mol. The van der Waals surface area contributed by atoms with Gasteiger partial charge >= 0.3 is 6.03 Å². The van der Waals surface area contributed by atoms with Gasteiger partial charge < -0.3 is 20.2 Å². The molecule has 0 saturated carbocycles. The third kappa shape index (κ3) is 7.36. The van der Waals surface area contributed by atoms with Gasteiger partial charge in [-0.2, -0.15) is 5.10 Å². The fraction of sp³-hybridized carbons (Fsp3) is 0.317. The first kappa shape index (κ1) is 34.8. The summed E-state index contributed by atoms with van der Waals surface area (Å²) in [6.07, 6.45) is 2.70. The Labute approximate surface area is 303 Å². The van der Waals surface area contributed by atoms with E-state index in [4.69, 9.17) is 0 Å². The number of hydrazine groups is 1. The van der Waals surface area contributed by atoms with E-state index in [1.807, 2.05) is 94.8 Å². The van der Waals surface area contributed by atoms with Gasteiger partial charge in [0.1, 0.15) is 18.0 Å². The molecule has 3 heterocycles. The summed E-state index contributed by atoms with van der Waals surface area (Å²) in [5, 5.41) is 25.5. The Morgan fingerprint density at radius 1 is 0.885 bits per heavy atom. The van der Waals surface area contributed by atoms with Crippen molar-refractivity contribution in [1.82, 2.24) is 35.3 Å². The van der Waals surface area contributed by atoms with E-state index < -0.39 is 18.2 Å². The van der Waals surface area contributed by atoms with E-state index in [1.165, 1.54) is 0 Å². The minimum Gasteiger partial charge on any atom is -0.508 e. The zero-order chi connectivity index (χ0) is 36.0. The molecule has 2 aliphatic rings. The number of carbonyl (C=O) groups is 3. The maximum atomic E-state index is 15.1. The van der Waals surface area contributed by atoms with Crippen molar-refractivity contribution >= 4 is 28.7 Å². The van der Waals surface area contributed by atoms with Gasteiger partial charge in [0.2, 0.25) is 11.8 Å². The van der Waals surface area contributed by atoms with Crippen LogP contribution in [0.2, 0.25) is 0 Å². The zero-order valence-electron chi connectivity index (χ0n) is 29.4. The summed E-state index contributed by atoms with van der Waals surface area (Å²) in [4.78, 5) is 47.2. The molecular weight excluding hydrogens is 654 g/mol. The zero-order valence-corrected chi connectivity index (χ0v) is 29.4. The number of aromatic hydroxyl groups is 1. The summed E-state index contributed by atoms with van der Waals surface area (Å²) in [6, 6.07) is 32.6. The van der Waals surface area contributed by atoms with E-state index in [-0.39, 0.29) is 43.1 Å². The number of piperazine rings is 1. The number of H-pyrrole nitrogens is 1. The predicted molar refractivity (Wildman–Crippen MR) is 199 cm³/mol. The van der Waals surface area contributed by atoms with Crippen LogP contribution in [0.3, 0.4) is 0 Å². The van der Waals surface area contributed by atoms with Crippen LogP contribution in [0.15, 0.2) is 109 Å². The summed E-state index contributed by atoms with van der Waals surface area (Å²) in [7, 11) is 0. The van der Waals surface area contributed by atoms with Crippen LogP contribution >= 0.6 is 0 Å². The Balaban J connectivity index is 1.32. The van der Waals surface area contributed by atoms with E-state index >= 15 is 4.79 Å². The average Bonchev–Trinajstić information content (AvgIpc) is 3.60. The molecule has 0 bridgehead atoms. The van der Waals surface area contributed by atoms with Crippen LogP contribution in [0.4, 0.5) is 4.79 Å². The van der Waals surface area contributed by atoms with Gasteiger partial charge in [-0.3, -0.25) is 14.7 Å². The second kappa shape index (κ2) is 15.7. The number of phenolic OH excluding ortho intramolecular Hbond substituents is 1. The molecule has 7 rings (SSSR count). The highest BCUT2D eigenvalue weighted by molar-refractivity contribution is 5.92. The Morgan fingerprint density at radius 2 is 1.58 bits per heavy atom. The van der Waals surface area contributed by atoms with Gasteiger partial charge in [-0.25, -0.2) is 14.8 Å². The number of nitrogens with one attached hydrogen (secondary N) is 2. The third-order valence-electron chi connectivity index (χ3n) is 10.1. The number of amides is 4. The Hall–Kier alpha value is -5.68. The van der Waals surface area contributed by atoms with Gasteiger partial charge in [0, 0.05) is 24.9 Å². The lowest BCUT2D eigenvalue weighted by atomic mass is 9.93. The van der Waals surface area contributed by atoms with Crippen LogP contribution in [0, 0.1) is 0 Å². The number of aromatic nitrogens is 2. The van der Waals surface area contributed by atoms with Gasteiger partial charge in [-0.05, 0) is 47.7 Å². The number of para-hydroxylation sites is 1. The largest absolute Gasteiger partial charge is 0.508 e. The highest BCUT2D eigenvalue weighted by Gasteiger charge is 2.52. The average molecular weight is 700 g/mol. The van der Waals surface area contributed by atoms with Gasteiger partial charge in [0.25, 0.3) is 0 Å². The molecule has 0 spiro atoms. The first-order valence-corrected chi connectivity index (χ1v) is 18.1. The molecule has 11 heteroatoms. The number of benzene rings is 4. The molecule has 11 nitrogen and oxygen atoms in total. The molecule has 0 aliphatic carbocycles. The van der Waals surface area contributed by atoms with Crippen LogP contribution in [-0.2, 0) is 29.0 Å². The van der Waals surface area contributed by atoms with Crippen LogP contribution in [0.25, 0.3) is 10.9 Å². The van der Waals surface area contributed by atoms with Gasteiger partial charge in [-0.15, -0.1) is 0 Å². The van der Waals surface area contributed by atoms with Crippen LogP contribution < -0.4 is 5.32 Å². The molecule has 1 aromatic heterocycles. The number of urea groups is 1. The summed E-state index contributed by atoms with van der Waals surface area (Å²) >= 11 is 0. The lowest BCUT2D eigenvalue weighted by Gasteiger charge is -2.56. The maximum Gasteiger partial charge on any atom is 0.334 e. The normalized spacial score (nSPS) is 18.4. The number of phenols is 1. The van der Waals surface area contributed by atoms with E-state index in [0.717, 1.165) is 52.5 Å². The molecule has 2 fully saturated rings. The predicted octanol–water partition coefficient (Wildman–Crippen LogP) is 5.79. The van der Waals surface area contributed by atoms with Crippen molar-refractivity contribution in [2.75, 3.05) is 19.6 Å². The molecule has 52 heavy (non-hydrogen) atoms. The van der Waals surface area contributed by atoms with Crippen molar-refractivity contribution in [3.05, 3.63) is 132 Å². The summed E-state index contributed by atoms with van der Waals surface area (Å²) in [5.41, 5.74) is 4.38. The number of aromatic amines is 1. The molecule has 3 N–H and O–H groups in total. The second-order valence-electron chi connectivity index (χ2n) is 13.6. The topological polar surface area (TPSA) is 125 Å². The van der Waals surface area contributed by atoms with Crippen LogP contribution in [0.5, 0.6) is 5.75 Å². The number of nitrogens with zero attached hydrogens (tertiary/aromatic N) is 5. The Bertz CT molecular complexity index is 1990. The molecule has 3 atom stereocenters. The number of hydrogen-bond acceptors (Lipinski definition) is 6. The molecule has 4 amide bonds. The molecule has 0 radical (unpaired) electrons. The fourth-order valence-electron chi connectivity index (χ4n) is 7.52. The van der Waals surface area contributed by atoms with Crippen molar-refractivity contribution < 1.29 is 19.5 Å². The molecule has 2 saturated heterocycles. The summed E-state index contributed by atoms with van der Waals surface area (Å²) < 4.78 is 0. The van der Waals surface area contributed by atoms with Crippen molar-refractivity contribution in [3.8, 4) is 5.75 Å². The minimum atomic E-state index is -0.898. The number of carbonyl (C=O) groups excluding carboxylic acids is 3. The summed E-state index contributed by atoms with van der Waals surface area (Å²) in [5.74, 6) is -0.288. The van der Waals surface area contributed by atoms with Gasteiger partial charge in [0.15, 0.2) is 0 Å². The maximum absolute atomic E-state index is 15.1. The SMILES string of the molecule is CCCCCN1CC(=O)N2C(Cc3ccc(O)cc3)C(=O)N(C(Cc3ccccc3)c3[nH]nc4ccccc34)CC2N1C(=O)NCc1ccccc1. The summed E-state index contributed by atoms with van der Waals surface area (Å²) in [6.45, 7) is 3.05. The molecule has 4 aromatic carbocycles. The third-order valence-corrected chi connectivity index (χ3v) is 10.1. The number of rotatable bonds is 12. The fourth-order valence-corrected chi connectivity index (χ4v) is 7.52. The Morgan fingerprint density at radius 3 is 2.31 bits per heavy atom. The van der Waals surface area contributed by atoms with E-state index in [0.29, 0.717) is 19.5 Å². The van der Waals surface area contributed by atoms with Crippen molar-refractivity contribution in [2.45, 2.75) is 63.8 Å². The lowest BCUT2D eigenvalue weighted by Crippen LogP contribution is -2.77. The van der Waals surface area contributed by atoms with E-state index in [9.17, 15) is 14.7 Å². The van der Waals surface area contributed by atoms with Gasteiger partial charge in [-0.1, -0.05) is 111 Å². The van der Waals surface area contributed by atoms with Crippen LogP contribution in [-0.4, -0.2) is 84.8 Å². The minimum absolute atomic E-state index is 0.0169. The molecular formula is C41H45N7O4. The molecule has 3 unspecified atom stereocenters. The van der Waals surface area contributed by atoms with Crippen molar-refractivity contribution in [1.29, 1.82) is 0 Å². The quantitative estimate of drug-likeness (QED) is 0.142. The highest BCUT2D eigenvalue weighted by Crippen LogP contribution is 2.36. The van der Waals surface area contributed by atoms with Gasteiger partial charge in [0.05, 0.1) is 30.3 Å². The molecule has 2 aliphatic heterocycles. The highest BCUT2D eigenvalue weighted by atomic mass is 16.3. The standard InChI is InChI=1S/C41H45N7O4/c1-2-3-12-23-45-28-38(50)47-36(25-30-19-21-32(49)22-20-30)40(51)46(27-37(47)48(45)41(52)42-26-31-15-8-5-9-16-31)35(24-29-13-6-4-7-14-29)39-33-17-10-11-18-34(33)43-44-39/h4-11,13-22,35-37,49H,2-3,12,23-28H2,1H3,(H,42,52)(H,43,44). The Kier molecular flexibility index (Phi) is 10.5. The second-order valence-corrected chi connectivity index (χ2v) is 13.6. The van der Waals surface area contributed by atoms with Crippen molar-refractivity contribution in [2.24, 2.45) is 0 Å². The first-order valence-electron chi connectivity index (χ1n) is 18.1. The van der Waals surface area contributed by atoms with Crippen molar-refractivity contribution in [3.63, 3.8) is 0 Å². The first-order chi connectivity index (χ1) is 25.4. The van der Waals surface area contributed by atoms with E-state index in [1.54, 1.807) is 34.2 Å².